The van der Waals surface area contributed by atoms with Crippen LogP contribution in [0.2, 0.25) is 0 Å². The van der Waals surface area contributed by atoms with Crippen LogP contribution in [0.15, 0.2) is 10.1 Å². The number of rotatable bonds is 0. The highest BCUT2D eigenvalue weighted by atomic mass is 15.7. The molecular weight excluding hydrogens is 90.1 g/mol. The molecule has 0 bridgehead atoms. The summed E-state index contributed by atoms with van der Waals surface area (Å²) < 4.78 is 0.778. The lowest BCUT2D eigenvalue weighted by Crippen LogP contribution is -2.10. The summed E-state index contributed by atoms with van der Waals surface area (Å²) in [6.45, 7) is 2.31. The normalized spacial score (nSPS) is 29.7. The Labute approximate surface area is 41.6 Å². The first-order valence-electron chi connectivity index (χ1n) is 2.37. The molecule has 0 aliphatic carbocycles. The topological polar surface area (TPSA) is 24.7 Å². The molecule has 2 aliphatic rings. The molecule has 0 saturated carbocycles. The Bertz CT molecular complexity index is 129. The Kier molecular flexibility index (Phi) is 0.364. The van der Waals surface area contributed by atoms with E-state index in [9.17, 15) is 0 Å². The van der Waals surface area contributed by atoms with Gasteiger partial charge in [0.25, 0.3) is 0 Å². The molecule has 0 unspecified atom stereocenters. The van der Waals surface area contributed by atoms with Gasteiger partial charge in [0.1, 0.15) is 0 Å². The van der Waals surface area contributed by atoms with Crippen LogP contribution in [0.3, 0.4) is 0 Å². The van der Waals surface area contributed by atoms with E-state index in [1.807, 2.05) is 6.34 Å². The van der Waals surface area contributed by atoms with Gasteiger partial charge in [0.15, 0.2) is 19.4 Å². The van der Waals surface area contributed by atoms with Gasteiger partial charge in [-0.05, 0) is 0 Å². The highest BCUT2D eigenvalue weighted by Gasteiger charge is 2.43. The van der Waals surface area contributed by atoms with Crippen LogP contribution in [0.1, 0.15) is 0 Å². The number of nitrogens with zero attached hydrogens (tertiary/aromatic N) is 3. The number of hydrogen-bond acceptors (Lipinski definition) is 2. The van der Waals surface area contributed by atoms with E-state index >= 15 is 0 Å². The molecule has 0 amide bonds. The third kappa shape index (κ3) is 0.326. The van der Waals surface area contributed by atoms with Gasteiger partial charge in [0.05, 0.1) is 0 Å². The van der Waals surface area contributed by atoms with Crippen molar-refractivity contribution in [1.82, 2.24) is 0 Å². The molecule has 0 radical (unpaired) electrons. The van der Waals surface area contributed by atoms with Gasteiger partial charge in [0.2, 0.25) is 6.34 Å². The molecule has 1 fully saturated rings. The van der Waals surface area contributed by atoms with Crippen molar-refractivity contribution < 1.29 is 4.59 Å². The third-order valence-corrected chi connectivity index (χ3v) is 1.31. The van der Waals surface area contributed by atoms with E-state index in [0.717, 1.165) is 17.7 Å². The lowest BCUT2D eigenvalue weighted by atomic mass is 11.0. The summed E-state index contributed by atoms with van der Waals surface area (Å²) in [5.74, 6) is 0. The Morgan fingerprint density at radius 1 is 1.43 bits per heavy atom. The average molecular weight is 96.1 g/mol. The zero-order valence-corrected chi connectivity index (χ0v) is 3.91. The summed E-state index contributed by atoms with van der Waals surface area (Å²) in [7, 11) is 0. The van der Waals surface area contributed by atoms with E-state index in [1.165, 1.54) is 0 Å². The second-order valence-corrected chi connectivity index (χ2v) is 1.93. The minimum absolute atomic E-state index is 0.778. The maximum absolute atomic E-state index is 4.07. The predicted octanol–water partition coefficient (Wildman–Crippen LogP) is -0.198. The van der Waals surface area contributed by atoms with Crippen LogP contribution in [0.4, 0.5) is 0 Å². The van der Waals surface area contributed by atoms with Gasteiger partial charge in [-0.3, -0.25) is 0 Å². The number of quaternary nitrogens is 1. The quantitative estimate of drug-likeness (QED) is 0.295. The highest BCUT2D eigenvalue weighted by molar-refractivity contribution is 5.71. The van der Waals surface area contributed by atoms with Crippen molar-refractivity contribution in [2.45, 2.75) is 0 Å². The van der Waals surface area contributed by atoms with Gasteiger partial charge >= 0.3 is 0 Å². The number of aliphatic imine (C=N–C) groups is 1. The van der Waals surface area contributed by atoms with Crippen molar-refractivity contribution in [3.63, 3.8) is 0 Å². The van der Waals surface area contributed by atoms with Crippen LogP contribution in [-0.2, 0) is 0 Å². The Hall–Kier alpha value is -0.700. The van der Waals surface area contributed by atoms with E-state index in [2.05, 4.69) is 10.1 Å². The van der Waals surface area contributed by atoms with E-state index in [-0.39, 0.29) is 0 Å². The highest BCUT2D eigenvalue weighted by Crippen LogP contribution is 2.20. The molecule has 0 atom stereocenters. The van der Waals surface area contributed by atoms with Gasteiger partial charge in [-0.25, -0.2) is 0 Å². The van der Waals surface area contributed by atoms with Crippen LogP contribution < -0.4 is 0 Å². The van der Waals surface area contributed by atoms with Crippen molar-refractivity contribution >= 4 is 12.7 Å². The van der Waals surface area contributed by atoms with Gasteiger partial charge < -0.3 is 0 Å². The fraction of sp³-hybridized carbons (Fsp3) is 0.500. The molecule has 1 saturated heterocycles. The second kappa shape index (κ2) is 0.767. The zero-order chi connectivity index (χ0) is 4.74. The first kappa shape index (κ1) is 3.32. The summed E-state index contributed by atoms with van der Waals surface area (Å²) >= 11 is 0. The molecule has 36 valence electrons. The molecular formula is C4H6N3+. The summed E-state index contributed by atoms with van der Waals surface area (Å²) in [6.07, 6.45) is 3.49. The molecule has 2 aliphatic heterocycles. The van der Waals surface area contributed by atoms with Crippen LogP contribution in [0.5, 0.6) is 0 Å². The van der Waals surface area contributed by atoms with Crippen LogP contribution in [0, 0.1) is 0 Å². The molecule has 1 spiro atoms. The largest absolute Gasteiger partial charge is 0.218 e. The first-order valence-corrected chi connectivity index (χ1v) is 2.37. The monoisotopic (exact) mass is 96.1 g/mol. The van der Waals surface area contributed by atoms with Crippen molar-refractivity contribution in [2.24, 2.45) is 10.1 Å². The Morgan fingerprint density at radius 2 is 2.29 bits per heavy atom. The van der Waals surface area contributed by atoms with Gasteiger partial charge in [-0.1, -0.05) is 5.10 Å². The molecule has 0 aromatic heterocycles. The van der Waals surface area contributed by atoms with Crippen LogP contribution >= 0.6 is 0 Å². The molecule has 0 N–H and O–H groups in total. The molecule has 0 aromatic rings. The summed E-state index contributed by atoms with van der Waals surface area (Å²) in [4.78, 5) is 3.85. The standard InChI is InChI=1S/C4H6N3/c1-2-7(1)4-5-3-6-7/h3-4H,1-2H2/q+1. The number of hydrogen-bond donors (Lipinski definition) is 0. The molecule has 3 heteroatoms. The van der Waals surface area contributed by atoms with E-state index in [4.69, 9.17) is 0 Å². The zero-order valence-electron chi connectivity index (χ0n) is 3.91. The third-order valence-electron chi connectivity index (χ3n) is 1.31. The average Bonchev–Trinajstić information content (AvgIpc) is 2.15. The van der Waals surface area contributed by atoms with Gasteiger partial charge in [-0.15, -0.1) is 4.59 Å². The molecule has 3 nitrogen and oxygen atoms in total. The maximum atomic E-state index is 4.07. The predicted molar refractivity (Wildman–Crippen MR) is 27.0 cm³/mol. The van der Waals surface area contributed by atoms with Crippen molar-refractivity contribution in [1.29, 1.82) is 0 Å². The fourth-order valence-corrected chi connectivity index (χ4v) is 0.650. The summed E-state index contributed by atoms with van der Waals surface area (Å²) in [6, 6.07) is 0. The van der Waals surface area contributed by atoms with Crippen molar-refractivity contribution in [3.8, 4) is 0 Å². The van der Waals surface area contributed by atoms with Gasteiger partial charge in [0, 0.05) is 0 Å². The second-order valence-electron chi connectivity index (χ2n) is 1.93. The first-order chi connectivity index (χ1) is 3.41. The minimum atomic E-state index is 0.778. The smallest absolute Gasteiger partial charge is 0.184 e. The van der Waals surface area contributed by atoms with Crippen LogP contribution in [0.25, 0.3) is 0 Å². The SMILES string of the molecule is C1=NC=N[N+]12CC2. The molecule has 7 heavy (non-hydrogen) atoms. The van der Waals surface area contributed by atoms with Gasteiger partial charge in [-0.2, -0.15) is 4.99 Å². The Morgan fingerprint density at radius 3 is 2.57 bits per heavy atom. The molecule has 2 rings (SSSR count). The van der Waals surface area contributed by atoms with E-state index in [1.54, 1.807) is 6.34 Å². The van der Waals surface area contributed by atoms with Crippen LogP contribution in [-0.4, -0.2) is 30.4 Å². The molecule has 2 heterocycles. The lowest BCUT2D eigenvalue weighted by Gasteiger charge is -1.91. The van der Waals surface area contributed by atoms with E-state index < -0.39 is 0 Å². The van der Waals surface area contributed by atoms with E-state index in [0.29, 0.717) is 0 Å². The Balaban J connectivity index is 2.38. The summed E-state index contributed by atoms with van der Waals surface area (Å²) in [5, 5.41) is 4.07. The summed E-state index contributed by atoms with van der Waals surface area (Å²) in [5.41, 5.74) is 0. The lowest BCUT2D eigenvalue weighted by molar-refractivity contribution is -0.696. The van der Waals surface area contributed by atoms with Crippen molar-refractivity contribution in [2.75, 3.05) is 13.1 Å². The van der Waals surface area contributed by atoms with Crippen molar-refractivity contribution in [3.05, 3.63) is 0 Å². The molecule has 0 aromatic carbocycles. The maximum Gasteiger partial charge on any atom is 0.218 e. The fourth-order valence-electron chi connectivity index (χ4n) is 0.650. The minimum Gasteiger partial charge on any atom is -0.184 e.